The maximum absolute atomic E-state index is 13.5. The lowest BCUT2D eigenvalue weighted by Gasteiger charge is -2.24. The highest BCUT2D eigenvalue weighted by Gasteiger charge is 2.38. The van der Waals surface area contributed by atoms with Crippen LogP contribution in [0, 0.1) is 0 Å². The summed E-state index contributed by atoms with van der Waals surface area (Å²) in [7, 11) is 0. The van der Waals surface area contributed by atoms with E-state index in [9.17, 15) is 19.2 Å². The van der Waals surface area contributed by atoms with Crippen molar-refractivity contribution in [2.24, 2.45) is 0 Å². The number of esters is 1. The molecule has 0 spiro atoms. The molecule has 1 saturated heterocycles. The first-order valence-electron chi connectivity index (χ1n) is 11.5. The zero-order valence-electron chi connectivity index (χ0n) is 19.8. The largest absolute Gasteiger partial charge is 0.433 e. The molecule has 10 nitrogen and oxygen atoms in total. The number of cyclic esters (lactones) is 1. The smallest absolute Gasteiger partial charge is 0.310 e. The summed E-state index contributed by atoms with van der Waals surface area (Å²) in [4.78, 5) is 51.6. The van der Waals surface area contributed by atoms with Crippen molar-refractivity contribution in [1.29, 1.82) is 0 Å². The molecular weight excluding hydrogens is 500 g/mol. The van der Waals surface area contributed by atoms with Crippen molar-refractivity contribution < 1.29 is 23.9 Å². The molecule has 1 aliphatic rings. The van der Waals surface area contributed by atoms with E-state index in [1.54, 1.807) is 43.3 Å². The van der Waals surface area contributed by atoms with Crippen LogP contribution in [0.15, 0.2) is 71.7 Å². The van der Waals surface area contributed by atoms with Gasteiger partial charge < -0.3 is 25.8 Å². The quantitative estimate of drug-likeness (QED) is 0.304. The molecule has 1 aliphatic heterocycles. The molecule has 37 heavy (non-hydrogen) atoms. The van der Waals surface area contributed by atoms with Gasteiger partial charge in [-0.3, -0.25) is 23.7 Å². The molecule has 3 atom stereocenters. The van der Waals surface area contributed by atoms with Crippen LogP contribution in [0.3, 0.4) is 0 Å². The van der Waals surface area contributed by atoms with E-state index in [0.29, 0.717) is 11.3 Å². The van der Waals surface area contributed by atoms with E-state index in [1.807, 2.05) is 0 Å². The number of amides is 2. The van der Waals surface area contributed by atoms with E-state index in [0.717, 1.165) is 0 Å². The Labute approximate surface area is 217 Å². The third-order valence-electron chi connectivity index (χ3n) is 5.75. The van der Waals surface area contributed by atoms with Crippen LogP contribution in [0.4, 0.5) is 11.4 Å². The molecule has 2 heterocycles. The van der Waals surface area contributed by atoms with Gasteiger partial charge in [-0.05, 0) is 42.8 Å². The molecule has 0 saturated carbocycles. The van der Waals surface area contributed by atoms with Gasteiger partial charge in [-0.1, -0.05) is 41.9 Å². The predicted molar refractivity (Wildman–Crippen MR) is 137 cm³/mol. The zero-order chi connectivity index (χ0) is 26.5. The van der Waals surface area contributed by atoms with Gasteiger partial charge in [0.1, 0.15) is 17.8 Å². The van der Waals surface area contributed by atoms with Crippen molar-refractivity contribution >= 4 is 40.8 Å². The monoisotopic (exact) mass is 524 g/mol. The molecule has 1 fully saturated rings. The standard InChI is InChI=1S/C26H25ClN4O6/c1-2-36-26-20(14-21(32)37-26)30-24(34)22(15-7-4-3-5-8-15)31-12-6-9-19(25(31)35)29-23(33)16-10-11-18(28)17(27)13-16/h3-13,20,22,26H,2,14,28H2,1H3,(H,29,33)(H,30,34)/t20-,22?,26-/m0/s1. The number of pyridine rings is 1. The highest BCUT2D eigenvalue weighted by molar-refractivity contribution is 6.33. The highest BCUT2D eigenvalue weighted by atomic mass is 35.5. The van der Waals surface area contributed by atoms with Crippen molar-refractivity contribution in [2.45, 2.75) is 31.7 Å². The first-order valence-corrected chi connectivity index (χ1v) is 11.9. The normalized spacial score (nSPS) is 17.6. The van der Waals surface area contributed by atoms with Gasteiger partial charge in [0.2, 0.25) is 12.2 Å². The molecule has 192 valence electrons. The minimum absolute atomic E-state index is 0.0410. The summed E-state index contributed by atoms with van der Waals surface area (Å²) in [5.41, 5.74) is 6.10. The molecule has 3 aromatic rings. The number of halogens is 1. The Bertz CT molecular complexity index is 1380. The van der Waals surface area contributed by atoms with Crippen molar-refractivity contribution in [1.82, 2.24) is 9.88 Å². The van der Waals surface area contributed by atoms with Crippen LogP contribution in [0.5, 0.6) is 0 Å². The van der Waals surface area contributed by atoms with Gasteiger partial charge in [-0.25, -0.2) is 0 Å². The first kappa shape index (κ1) is 25.9. The Hall–Kier alpha value is -4.15. The van der Waals surface area contributed by atoms with Gasteiger partial charge in [0.15, 0.2) is 0 Å². The molecule has 2 amide bonds. The van der Waals surface area contributed by atoms with Crippen molar-refractivity contribution in [2.75, 3.05) is 17.7 Å². The van der Waals surface area contributed by atoms with Gasteiger partial charge in [-0.15, -0.1) is 0 Å². The third-order valence-corrected chi connectivity index (χ3v) is 6.08. The van der Waals surface area contributed by atoms with Crippen LogP contribution in [-0.2, 0) is 19.1 Å². The van der Waals surface area contributed by atoms with Crippen LogP contribution < -0.4 is 21.9 Å². The molecule has 0 bridgehead atoms. The maximum Gasteiger partial charge on any atom is 0.310 e. The molecule has 1 unspecified atom stereocenters. The minimum atomic E-state index is -1.10. The number of nitrogen functional groups attached to an aromatic ring is 1. The summed E-state index contributed by atoms with van der Waals surface area (Å²) in [5.74, 6) is -1.61. The van der Waals surface area contributed by atoms with Crippen LogP contribution in [0.25, 0.3) is 0 Å². The van der Waals surface area contributed by atoms with E-state index < -0.39 is 41.7 Å². The zero-order valence-corrected chi connectivity index (χ0v) is 20.6. The van der Waals surface area contributed by atoms with Gasteiger partial charge in [-0.2, -0.15) is 0 Å². The van der Waals surface area contributed by atoms with Crippen molar-refractivity contribution in [3.63, 3.8) is 0 Å². The number of nitrogens with zero attached hydrogens (tertiary/aromatic N) is 1. The molecule has 1 aromatic heterocycles. The van der Waals surface area contributed by atoms with Crippen molar-refractivity contribution in [3.8, 4) is 0 Å². The Kier molecular flexibility index (Phi) is 7.90. The van der Waals surface area contributed by atoms with Gasteiger partial charge in [0, 0.05) is 18.4 Å². The van der Waals surface area contributed by atoms with E-state index >= 15 is 0 Å². The Balaban J connectivity index is 1.65. The van der Waals surface area contributed by atoms with Crippen LogP contribution in [-0.4, -0.2) is 41.3 Å². The second kappa shape index (κ2) is 11.3. The van der Waals surface area contributed by atoms with E-state index in [2.05, 4.69) is 10.6 Å². The number of nitrogens with one attached hydrogen (secondary N) is 2. The molecule has 0 aliphatic carbocycles. The lowest BCUT2D eigenvalue weighted by molar-refractivity contribution is -0.164. The number of carbonyl (C=O) groups is 3. The molecule has 11 heteroatoms. The average molecular weight is 525 g/mol. The van der Waals surface area contributed by atoms with E-state index in [-0.39, 0.29) is 29.3 Å². The number of ether oxygens (including phenoxy) is 2. The van der Waals surface area contributed by atoms with Crippen molar-refractivity contribution in [3.05, 3.63) is 93.4 Å². The molecule has 4 N–H and O–H groups in total. The summed E-state index contributed by atoms with van der Waals surface area (Å²) in [6, 6.07) is 14.2. The van der Waals surface area contributed by atoms with E-state index in [4.69, 9.17) is 26.8 Å². The number of anilines is 2. The highest BCUT2D eigenvalue weighted by Crippen LogP contribution is 2.23. The summed E-state index contributed by atoms with van der Waals surface area (Å²) in [5, 5.41) is 5.56. The lowest BCUT2D eigenvalue weighted by atomic mass is 10.0. The summed E-state index contributed by atoms with van der Waals surface area (Å²) >= 11 is 6.02. The number of aromatic nitrogens is 1. The Morgan fingerprint density at radius 2 is 1.92 bits per heavy atom. The molecule has 4 rings (SSSR count). The molecular formula is C26H25ClN4O6. The Morgan fingerprint density at radius 3 is 2.62 bits per heavy atom. The van der Waals surface area contributed by atoms with Crippen LogP contribution in [0.2, 0.25) is 5.02 Å². The van der Waals surface area contributed by atoms with Crippen LogP contribution in [0.1, 0.15) is 35.3 Å². The van der Waals surface area contributed by atoms with Gasteiger partial charge in [0.25, 0.3) is 11.5 Å². The molecule has 0 radical (unpaired) electrons. The first-order chi connectivity index (χ1) is 17.8. The fourth-order valence-corrected chi connectivity index (χ4v) is 4.16. The van der Waals surface area contributed by atoms with Gasteiger partial charge in [0.05, 0.1) is 17.1 Å². The molecule has 2 aromatic carbocycles. The average Bonchev–Trinajstić information content (AvgIpc) is 3.22. The maximum atomic E-state index is 13.5. The number of rotatable bonds is 8. The Morgan fingerprint density at radius 1 is 1.16 bits per heavy atom. The third kappa shape index (κ3) is 5.82. The lowest BCUT2D eigenvalue weighted by Crippen LogP contribution is -2.46. The number of hydrogen-bond donors (Lipinski definition) is 3. The van der Waals surface area contributed by atoms with Gasteiger partial charge >= 0.3 is 5.97 Å². The van der Waals surface area contributed by atoms with Crippen LogP contribution >= 0.6 is 11.6 Å². The fourth-order valence-electron chi connectivity index (χ4n) is 3.98. The fraction of sp³-hybridized carbons (Fsp3) is 0.231. The topological polar surface area (TPSA) is 142 Å². The number of hydrogen-bond acceptors (Lipinski definition) is 7. The second-order valence-corrected chi connectivity index (χ2v) is 8.68. The number of benzene rings is 2. The minimum Gasteiger partial charge on any atom is -0.433 e. The summed E-state index contributed by atoms with van der Waals surface area (Å²) < 4.78 is 11.8. The van der Waals surface area contributed by atoms with E-state index in [1.165, 1.54) is 35.0 Å². The summed E-state index contributed by atoms with van der Waals surface area (Å²) in [6.45, 7) is 2.03. The number of carbonyl (C=O) groups excluding carboxylic acids is 3. The predicted octanol–water partition coefficient (Wildman–Crippen LogP) is 2.72. The number of nitrogens with two attached hydrogens (primary N) is 1. The SMILES string of the molecule is CCO[C@H]1OC(=O)C[C@@H]1NC(=O)C(c1ccccc1)n1cccc(NC(=O)c2ccc(N)c(Cl)c2)c1=O. The summed E-state index contributed by atoms with van der Waals surface area (Å²) in [6.07, 6.45) is 0.463. The second-order valence-electron chi connectivity index (χ2n) is 8.27.